The summed E-state index contributed by atoms with van der Waals surface area (Å²) in [4.78, 5) is 15.2. The molecule has 0 fully saturated rings. The minimum Gasteiger partial charge on any atom is -0.341 e. The van der Waals surface area contributed by atoms with E-state index in [-0.39, 0.29) is 6.03 Å². The predicted molar refractivity (Wildman–Crippen MR) is 87.5 cm³/mol. The number of nitrogens with zero attached hydrogens (tertiary/aromatic N) is 1. The molecule has 2 amide bonds. The van der Waals surface area contributed by atoms with Gasteiger partial charge in [0.05, 0.1) is 5.52 Å². The van der Waals surface area contributed by atoms with E-state index >= 15 is 0 Å². The van der Waals surface area contributed by atoms with Crippen LogP contribution in [0.1, 0.15) is 5.69 Å². The minimum atomic E-state index is -4.48. The summed E-state index contributed by atoms with van der Waals surface area (Å²) in [5.74, 6) is 1.12. The first-order valence-electron chi connectivity index (χ1n) is 6.61. The lowest BCUT2D eigenvalue weighted by Crippen LogP contribution is -2.27. The molecule has 1 aromatic carbocycles. The fraction of sp³-hybridized carbons (Fsp3) is 0.286. The number of alkyl halides is 3. The van der Waals surface area contributed by atoms with Gasteiger partial charge in [0.25, 0.3) is 0 Å². The third kappa shape index (κ3) is 4.93. The molecule has 2 N–H and O–H groups in total. The van der Waals surface area contributed by atoms with Crippen molar-refractivity contribution in [1.82, 2.24) is 15.0 Å². The highest BCUT2D eigenvalue weighted by atomic mass is 32.2. The van der Waals surface area contributed by atoms with Crippen LogP contribution in [-0.2, 0) is 6.18 Å². The maximum Gasteiger partial charge on any atom is 0.433 e. The Morgan fingerprint density at radius 3 is 2.70 bits per heavy atom. The normalized spacial score (nSPS) is 11.5. The lowest BCUT2D eigenvalue weighted by molar-refractivity contribution is -0.141. The molecule has 0 atom stereocenters. The van der Waals surface area contributed by atoms with E-state index in [0.29, 0.717) is 27.3 Å². The van der Waals surface area contributed by atoms with E-state index < -0.39 is 11.9 Å². The van der Waals surface area contributed by atoms with E-state index in [0.717, 1.165) is 6.07 Å². The molecule has 2 aromatic rings. The van der Waals surface area contributed by atoms with Crippen molar-refractivity contribution in [3.05, 3.63) is 36.0 Å². The van der Waals surface area contributed by atoms with Crippen molar-refractivity contribution in [2.24, 2.45) is 0 Å². The average molecular weight is 361 g/mol. The number of aromatic nitrogens is 1. The summed E-state index contributed by atoms with van der Waals surface area (Å²) < 4.78 is 41.4. The zero-order valence-corrected chi connectivity index (χ0v) is 13.7. The van der Waals surface area contributed by atoms with Gasteiger partial charge < -0.3 is 5.32 Å². The first-order valence-corrected chi connectivity index (χ1v) is 8.58. The number of thioether (sulfide) groups is 1. The minimum absolute atomic E-state index is 0.311. The molecule has 23 heavy (non-hydrogen) atoms. The van der Waals surface area contributed by atoms with E-state index in [2.05, 4.69) is 15.0 Å². The van der Waals surface area contributed by atoms with Gasteiger partial charge in [-0.15, -0.1) is 11.8 Å². The second kappa shape index (κ2) is 7.78. The monoisotopic (exact) mass is 361 g/mol. The molecule has 1 heterocycles. The van der Waals surface area contributed by atoms with Crippen molar-refractivity contribution in [2.45, 2.75) is 11.1 Å². The van der Waals surface area contributed by atoms with Gasteiger partial charge in [-0.2, -0.15) is 13.2 Å². The Morgan fingerprint density at radius 1 is 1.26 bits per heavy atom. The molecule has 0 aliphatic heterocycles. The van der Waals surface area contributed by atoms with Crippen LogP contribution in [0.4, 0.5) is 18.0 Å². The first kappa shape index (κ1) is 17.7. The van der Waals surface area contributed by atoms with E-state index in [4.69, 9.17) is 0 Å². The van der Waals surface area contributed by atoms with Crippen molar-refractivity contribution in [2.75, 3.05) is 18.6 Å². The third-order valence-corrected chi connectivity index (χ3v) is 4.86. The second-order valence-corrected chi connectivity index (χ2v) is 6.44. The van der Waals surface area contributed by atoms with E-state index in [9.17, 15) is 18.0 Å². The van der Waals surface area contributed by atoms with E-state index in [1.165, 1.54) is 30.8 Å². The molecule has 0 saturated heterocycles. The molecule has 2 rings (SSSR count). The van der Waals surface area contributed by atoms with Crippen LogP contribution in [-0.4, -0.2) is 29.6 Å². The number of halogens is 3. The van der Waals surface area contributed by atoms with Gasteiger partial charge in [0.1, 0.15) is 5.69 Å². The summed E-state index contributed by atoms with van der Waals surface area (Å²) in [6, 6.07) is 7.51. The number of benzene rings is 1. The van der Waals surface area contributed by atoms with Gasteiger partial charge in [0.15, 0.2) is 0 Å². The van der Waals surface area contributed by atoms with E-state index in [1.807, 2.05) is 0 Å². The Hall–Kier alpha value is -1.61. The number of amides is 2. The smallest absolute Gasteiger partial charge is 0.341 e. The number of carbonyl (C=O) groups is 1. The largest absolute Gasteiger partial charge is 0.433 e. The Morgan fingerprint density at radius 2 is 2.00 bits per heavy atom. The second-order valence-electron chi connectivity index (χ2n) is 4.40. The summed E-state index contributed by atoms with van der Waals surface area (Å²) in [6.45, 7) is 0. The molecule has 0 bridgehead atoms. The molecular weight excluding hydrogens is 347 g/mol. The highest BCUT2D eigenvalue weighted by Crippen LogP contribution is 2.34. The number of para-hydroxylation sites is 1. The van der Waals surface area contributed by atoms with Gasteiger partial charge in [0, 0.05) is 28.8 Å². The zero-order chi connectivity index (χ0) is 16.9. The van der Waals surface area contributed by atoms with Crippen molar-refractivity contribution >= 4 is 40.6 Å². The van der Waals surface area contributed by atoms with E-state index in [1.54, 1.807) is 24.3 Å². The summed E-state index contributed by atoms with van der Waals surface area (Å²) in [5.41, 5.74) is -0.573. The number of pyridine rings is 1. The van der Waals surface area contributed by atoms with Gasteiger partial charge in [0.2, 0.25) is 0 Å². The highest BCUT2D eigenvalue weighted by Gasteiger charge is 2.33. The number of hydrogen-bond acceptors (Lipinski definition) is 4. The summed E-state index contributed by atoms with van der Waals surface area (Å²) in [6.07, 6.45) is -4.48. The average Bonchev–Trinajstić information content (AvgIpc) is 2.53. The first-order chi connectivity index (χ1) is 10.9. The molecule has 0 unspecified atom stereocenters. The number of rotatable bonds is 5. The summed E-state index contributed by atoms with van der Waals surface area (Å²) in [7, 11) is 1.51. The number of fused-ring (bicyclic) bond motifs is 1. The van der Waals surface area contributed by atoms with Crippen LogP contribution in [0.3, 0.4) is 0 Å². The molecule has 4 nitrogen and oxygen atoms in total. The quantitative estimate of drug-likeness (QED) is 0.481. The van der Waals surface area contributed by atoms with Crippen LogP contribution < -0.4 is 10.0 Å². The molecular formula is C14H14F3N3OS2. The zero-order valence-electron chi connectivity index (χ0n) is 12.1. The number of carbonyl (C=O) groups excluding carboxylic acids is 1. The van der Waals surface area contributed by atoms with Gasteiger partial charge >= 0.3 is 12.2 Å². The van der Waals surface area contributed by atoms with Crippen molar-refractivity contribution in [3.63, 3.8) is 0 Å². The fourth-order valence-electron chi connectivity index (χ4n) is 1.77. The molecule has 0 aliphatic rings. The van der Waals surface area contributed by atoms with Crippen LogP contribution in [0.25, 0.3) is 10.9 Å². The lowest BCUT2D eigenvalue weighted by Gasteiger charge is -2.11. The van der Waals surface area contributed by atoms with Crippen LogP contribution in [0.2, 0.25) is 0 Å². The Balaban J connectivity index is 2.11. The Labute approximate surface area is 139 Å². The Kier molecular flexibility index (Phi) is 6.00. The number of urea groups is 1. The SMILES string of the molecule is CNC(=O)NSCCSc1cc(C(F)(F)F)nc2ccccc12. The van der Waals surface area contributed by atoms with Crippen molar-refractivity contribution in [3.8, 4) is 0 Å². The summed E-state index contributed by atoms with van der Waals surface area (Å²) in [5, 5.41) is 3.10. The maximum atomic E-state index is 12.9. The summed E-state index contributed by atoms with van der Waals surface area (Å²) >= 11 is 2.51. The molecule has 1 aromatic heterocycles. The molecule has 124 valence electrons. The molecule has 0 aliphatic carbocycles. The van der Waals surface area contributed by atoms with Crippen LogP contribution >= 0.6 is 23.7 Å². The van der Waals surface area contributed by atoms with Gasteiger partial charge in [-0.05, 0) is 24.1 Å². The van der Waals surface area contributed by atoms with Gasteiger partial charge in [-0.3, -0.25) is 4.72 Å². The van der Waals surface area contributed by atoms with Crippen LogP contribution in [0.5, 0.6) is 0 Å². The standard InChI is InChI=1S/C14H14F3N3OS2/c1-18-13(21)20-23-7-6-22-11-8-12(14(15,16)17)19-10-5-3-2-4-9(10)11/h2-5,8H,6-7H2,1H3,(H2,18,20,21). The molecule has 0 radical (unpaired) electrons. The van der Waals surface area contributed by atoms with Crippen molar-refractivity contribution < 1.29 is 18.0 Å². The number of hydrogen-bond donors (Lipinski definition) is 2. The molecule has 9 heteroatoms. The van der Waals surface area contributed by atoms with Gasteiger partial charge in [-0.1, -0.05) is 18.2 Å². The van der Waals surface area contributed by atoms with Crippen LogP contribution in [0, 0.1) is 0 Å². The lowest BCUT2D eigenvalue weighted by atomic mass is 10.2. The highest BCUT2D eigenvalue weighted by molar-refractivity contribution is 8.02. The van der Waals surface area contributed by atoms with Crippen LogP contribution in [0.15, 0.2) is 35.2 Å². The predicted octanol–water partition coefficient (Wildman–Crippen LogP) is 3.92. The van der Waals surface area contributed by atoms with Crippen molar-refractivity contribution in [1.29, 1.82) is 0 Å². The Bertz CT molecular complexity index is 695. The maximum absolute atomic E-state index is 12.9. The topological polar surface area (TPSA) is 54.0 Å². The third-order valence-electron chi connectivity index (χ3n) is 2.80. The molecule has 0 spiro atoms. The van der Waals surface area contributed by atoms with Gasteiger partial charge in [-0.25, -0.2) is 9.78 Å². The molecule has 0 saturated carbocycles. The number of nitrogens with one attached hydrogen (secondary N) is 2. The fourth-order valence-corrected chi connectivity index (χ4v) is 3.51.